The standard InChI is InChI=1S/C17H16O4/c1-7-5-6-11-14(19)12-15(20)13(18)9(3)10(4)17(12)21-16(11)8(7)2/h5-6,18,20H,1-4H3. The van der Waals surface area contributed by atoms with E-state index in [0.717, 1.165) is 11.1 Å². The van der Waals surface area contributed by atoms with Crippen molar-refractivity contribution in [2.45, 2.75) is 27.7 Å². The molecule has 0 bridgehead atoms. The van der Waals surface area contributed by atoms with E-state index in [1.54, 1.807) is 19.9 Å². The van der Waals surface area contributed by atoms with Crippen LogP contribution in [-0.2, 0) is 0 Å². The fourth-order valence-corrected chi connectivity index (χ4v) is 2.61. The highest BCUT2D eigenvalue weighted by Crippen LogP contribution is 2.39. The molecule has 0 radical (unpaired) electrons. The average molecular weight is 284 g/mol. The van der Waals surface area contributed by atoms with Crippen molar-refractivity contribution in [2.24, 2.45) is 0 Å². The molecule has 0 aliphatic carbocycles. The van der Waals surface area contributed by atoms with E-state index < -0.39 is 5.75 Å². The lowest BCUT2D eigenvalue weighted by atomic mass is 10.0. The normalized spacial score (nSPS) is 11.4. The Morgan fingerprint density at radius 2 is 1.52 bits per heavy atom. The van der Waals surface area contributed by atoms with E-state index in [-0.39, 0.29) is 16.6 Å². The largest absolute Gasteiger partial charge is 0.504 e. The van der Waals surface area contributed by atoms with Crippen LogP contribution in [0.2, 0.25) is 0 Å². The van der Waals surface area contributed by atoms with Gasteiger partial charge in [-0.15, -0.1) is 0 Å². The molecule has 0 aliphatic heterocycles. The highest BCUT2D eigenvalue weighted by Gasteiger charge is 2.20. The van der Waals surface area contributed by atoms with Crippen molar-refractivity contribution in [2.75, 3.05) is 0 Å². The molecule has 2 N–H and O–H groups in total. The third-order valence-electron chi connectivity index (χ3n) is 4.30. The van der Waals surface area contributed by atoms with Crippen LogP contribution in [0.15, 0.2) is 21.3 Å². The van der Waals surface area contributed by atoms with Crippen molar-refractivity contribution in [1.82, 2.24) is 0 Å². The summed E-state index contributed by atoms with van der Waals surface area (Å²) < 4.78 is 5.91. The molecule has 3 aromatic rings. The Bertz CT molecular complexity index is 965. The first kappa shape index (κ1) is 13.5. The van der Waals surface area contributed by atoms with Crippen LogP contribution in [0.3, 0.4) is 0 Å². The molecular formula is C17H16O4. The molecule has 0 saturated heterocycles. The number of rotatable bonds is 0. The summed E-state index contributed by atoms with van der Waals surface area (Å²) in [6.45, 7) is 7.29. The van der Waals surface area contributed by atoms with Gasteiger partial charge in [-0.3, -0.25) is 4.79 Å². The van der Waals surface area contributed by atoms with E-state index in [9.17, 15) is 15.0 Å². The van der Waals surface area contributed by atoms with Crippen LogP contribution < -0.4 is 5.43 Å². The molecule has 0 amide bonds. The van der Waals surface area contributed by atoms with Crippen LogP contribution in [0.1, 0.15) is 22.3 Å². The molecule has 3 rings (SSSR count). The fraction of sp³-hybridized carbons (Fsp3) is 0.235. The Morgan fingerprint density at radius 1 is 0.857 bits per heavy atom. The maximum Gasteiger partial charge on any atom is 0.204 e. The number of aryl methyl sites for hydroxylation is 3. The van der Waals surface area contributed by atoms with Crippen LogP contribution in [0.5, 0.6) is 11.5 Å². The summed E-state index contributed by atoms with van der Waals surface area (Å²) in [5.41, 5.74) is 3.62. The highest BCUT2D eigenvalue weighted by atomic mass is 16.3. The Labute approximate surface area is 121 Å². The number of hydrogen-bond acceptors (Lipinski definition) is 4. The Morgan fingerprint density at radius 3 is 2.19 bits per heavy atom. The summed E-state index contributed by atoms with van der Waals surface area (Å²) in [6.07, 6.45) is 0. The average Bonchev–Trinajstić information content (AvgIpc) is 2.46. The second-order valence-electron chi connectivity index (χ2n) is 5.47. The van der Waals surface area contributed by atoms with E-state index >= 15 is 0 Å². The van der Waals surface area contributed by atoms with Crippen LogP contribution in [0.4, 0.5) is 0 Å². The first-order valence-corrected chi connectivity index (χ1v) is 6.72. The van der Waals surface area contributed by atoms with Gasteiger partial charge in [-0.1, -0.05) is 6.07 Å². The number of fused-ring (bicyclic) bond motifs is 2. The third-order valence-corrected chi connectivity index (χ3v) is 4.30. The second-order valence-corrected chi connectivity index (χ2v) is 5.47. The van der Waals surface area contributed by atoms with E-state index in [1.165, 1.54) is 0 Å². The van der Waals surface area contributed by atoms with Gasteiger partial charge in [0, 0.05) is 5.56 Å². The summed E-state index contributed by atoms with van der Waals surface area (Å²) in [4.78, 5) is 12.7. The molecule has 2 aromatic carbocycles. The van der Waals surface area contributed by atoms with Gasteiger partial charge in [0.05, 0.1) is 5.39 Å². The first-order chi connectivity index (χ1) is 9.84. The minimum Gasteiger partial charge on any atom is -0.504 e. The zero-order valence-electron chi connectivity index (χ0n) is 12.4. The molecule has 0 fully saturated rings. The summed E-state index contributed by atoms with van der Waals surface area (Å²) in [5.74, 6) is -0.683. The minimum absolute atomic E-state index is 0.0337. The van der Waals surface area contributed by atoms with E-state index in [1.807, 2.05) is 19.9 Å². The highest BCUT2D eigenvalue weighted by molar-refractivity contribution is 5.97. The van der Waals surface area contributed by atoms with Gasteiger partial charge in [0.1, 0.15) is 16.6 Å². The van der Waals surface area contributed by atoms with E-state index in [4.69, 9.17) is 4.42 Å². The summed E-state index contributed by atoms with van der Waals surface area (Å²) in [6, 6.07) is 3.53. The molecule has 0 aliphatic rings. The van der Waals surface area contributed by atoms with Crippen LogP contribution in [0, 0.1) is 27.7 Å². The number of aromatic hydroxyl groups is 2. The van der Waals surface area contributed by atoms with Gasteiger partial charge in [-0.05, 0) is 50.5 Å². The van der Waals surface area contributed by atoms with Gasteiger partial charge in [-0.2, -0.15) is 0 Å². The molecule has 0 spiro atoms. The molecule has 4 heteroatoms. The van der Waals surface area contributed by atoms with Crippen molar-refractivity contribution in [3.05, 3.63) is 44.6 Å². The molecule has 108 valence electrons. The molecule has 1 heterocycles. The van der Waals surface area contributed by atoms with Crippen LogP contribution in [-0.4, -0.2) is 10.2 Å². The lowest BCUT2D eigenvalue weighted by Gasteiger charge is -2.12. The third kappa shape index (κ3) is 1.65. The molecule has 1 aromatic heterocycles. The van der Waals surface area contributed by atoms with E-state index in [0.29, 0.717) is 27.7 Å². The first-order valence-electron chi connectivity index (χ1n) is 6.72. The lowest BCUT2D eigenvalue weighted by Crippen LogP contribution is -2.05. The fourth-order valence-electron chi connectivity index (χ4n) is 2.61. The molecule has 0 saturated carbocycles. The predicted molar refractivity (Wildman–Crippen MR) is 82.3 cm³/mol. The van der Waals surface area contributed by atoms with Crippen molar-refractivity contribution >= 4 is 21.9 Å². The number of hydrogen-bond donors (Lipinski definition) is 2. The van der Waals surface area contributed by atoms with Gasteiger partial charge in [-0.25, -0.2) is 0 Å². The Hall–Kier alpha value is -2.49. The van der Waals surface area contributed by atoms with Crippen molar-refractivity contribution in [3.63, 3.8) is 0 Å². The molecule has 21 heavy (non-hydrogen) atoms. The summed E-state index contributed by atoms with van der Waals surface area (Å²) >= 11 is 0. The topological polar surface area (TPSA) is 70.7 Å². The van der Waals surface area contributed by atoms with Crippen LogP contribution >= 0.6 is 0 Å². The van der Waals surface area contributed by atoms with Gasteiger partial charge >= 0.3 is 0 Å². The molecule has 0 atom stereocenters. The van der Waals surface area contributed by atoms with Gasteiger partial charge in [0.2, 0.25) is 5.43 Å². The maximum atomic E-state index is 12.7. The second kappa shape index (κ2) is 4.25. The molecule has 4 nitrogen and oxygen atoms in total. The smallest absolute Gasteiger partial charge is 0.204 e. The number of phenols is 2. The predicted octanol–water partition coefficient (Wildman–Crippen LogP) is 3.59. The lowest BCUT2D eigenvalue weighted by molar-refractivity contribution is 0.404. The zero-order chi connectivity index (χ0) is 15.5. The Kier molecular flexibility index (Phi) is 2.73. The minimum atomic E-state index is -0.415. The van der Waals surface area contributed by atoms with Crippen molar-refractivity contribution in [1.29, 1.82) is 0 Å². The number of benzene rings is 2. The van der Waals surface area contributed by atoms with Gasteiger partial charge in [0.25, 0.3) is 0 Å². The summed E-state index contributed by atoms with van der Waals surface area (Å²) in [7, 11) is 0. The SMILES string of the molecule is Cc1ccc2c(=O)c3c(O)c(O)c(C)c(C)c3oc2c1C. The monoisotopic (exact) mass is 284 g/mol. The van der Waals surface area contributed by atoms with Crippen LogP contribution in [0.25, 0.3) is 21.9 Å². The van der Waals surface area contributed by atoms with Crippen molar-refractivity contribution in [3.8, 4) is 11.5 Å². The van der Waals surface area contributed by atoms with Gasteiger partial charge < -0.3 is 14.6 Å². The quantitative estimate of drug-likeness (QED) is 0.489. The summed E-state index contributed by atoms with van der Waals surface area (Å²) in [5, 5.41) is 20.5. The molecular weight excluding hydrogens is 268 g/mol. The zero-order valence-corrected chi connectivity index (χ0v) is 12.4. The van der Waals surface area contributed by atoms with Gasteiger partial charge in [0.15, 0.2) is 11.5 Å². The maximum absolute atomic E-state index is 12.7. The van der Waals surface area contributed by atoms with Crippen molar-refractivity contribution < 1.29 is 14.6 Å². The Balaban J connectivity index is 2.71. The van der Waals surface area contributed by atoms with E-state index in [2.05, 4.69) is 0 Å². The number of phenolic OH excluding ortho intramolecular Hbond substituents is 2. The molecule has 0 unspecified atom stereocenters.